The van der Waals surface area contributed by atoms with Crippen LogP contribution in [0.25, 0.3) is 0 Å². The topological polar surface area (TPSA) is 12.9 Å². The molecule has 2 heteroatoms. The van der Waals surface area contributed by atoms with E-state index in [1.807, 2.05) is 12.4 Å². The van der Waals surface area contributed by atoms with Crippen LogP contribution in [-0.4, -0.2) is 10.4 Å². The third-order valence-corrected chi connectivity index (χ3v) is 3.28. The number of hydrogen-bond donors (Lipinski definition) is 0. The van der Waals surface area contributed by atoms with E-state index >= 15 is 0 Å². The standard InChI is InChI=1S/C11H14ClN/c1-8-4-5-13-7-11(8)9-2-3-10(12)6-9/h4-5,7,9-10H,2-3,6H2,1H3. The molecule has 2 unspecified atom stereocenters. The second-order valence-corrected chi connectivity index (χ2v) is 4.46. The van der Waals surface area contributed by atoms with Crippen molar-refractivity contribution < 1.29 is 0 Å². The summed E-state index contributed by atoms with van der Waals surface area (Å²) in [6.07, 6.45) is 7.34. The second kappa shape index (κ2) is 3.67. The van der Waals surface area contributed by atoms with Crippen LogP contribution < -0.4 is 0 Å². The van der Waals surface area contributed by atoms with Gasteiger partial charge in [-0.1, -0.05) is 0 Å². The van der Waals surface area contributed by atoms with Crippen molar-refractivity contribution in [3.63, 3.8) is 0 Å². The highest BCUT2D eigenvalue weighted by Crippen LogP contribution is 2.37. The highest BCUT2D eigenvalue weighted by Gasteiger charge is 2.25. The van der Waals surface area contributed by atoms with E-state index in [9.17, 15) is 0 Å². The molecule has 2 rings (SSSR count). The lowest BCUT2D eigenvalue weighted by Gasteiger charge is -2.11. The summed E-state index contributed by atoms with van der Waals surface area (Å²) in [6.45, 7) is 2.15. The van der Waals surface area contributed by atoms with Crippen molar-refractivity contribution in [3.05, 3.63) is 29.6 Å². The molecule has 70 valence electrons. The lowest BCUT2D eigenvalue weighted by Crippen LogP contribution is -1.97. The van der Waals surface area contributed by atoms with Crippen molar-refractivity contribution in [2.75, 3.05) is 0 Å². The van der Waals surface area contributed by atoms with Crippen molar-refractivity contribution in [2.24, 2.45) is 0 Å². The Labute approximate surface area is 84.1 Å². The molecule has 0 bridgehead atoms. The Morgan fingerprint density at radius 1 is 1.46 bits per heavy atom. The molecule has 0 N–H and O–H groups in total. The minimum absolute atomic E-state index is 0.379. The van der Waals surface area contributed by atoms with E-state index in [4.69, 9.17) is 11.6 Å². The summed E-state index contributed by atoms with van der Waals surface area (Å²) < 4.78 is 0. The van der Waals surface area contributed by atoms with Crippen molar-refractivity contribution >= 4 is 11.6 Å². The summed E-state index contributed by atoms with van der Waals surface area (Å²) in [5, 5.41) is 0.379. The van der Waals surface area contributed by atoms with Crippen molar-refractivity contribution in [1.29, 1.82) is 0 Å². The van der Waals surface area contributed by atoms with Crippen molar-refractivity contribution in [2.45, 2.75) is 37.5 Å². The molecule has 0 aromatic carbocycles. The number of aromatic nitrogens is 1. The van der Waals surface area contributed by atoms with Crippen LogP contribution >= 0.6 is 11.6 Å². The van der Waals surface area contributed by atoms with E-state index < -0.39 is 0 Å². The molecule has 13 heavy (non-hydrogen) atoms. The van der Waals surface area contributed by atoms with Gasteiger partial charge in [-0.3, -0.25) is 4.98 Å². The number of alkyl halides is 1. The van der Waals surface area contributed by atoms with Gasteiger partial charge in [-0.15, -0.1) is 11.6 Å². The fraction of sp³-hybridized carbons (Fsp3) is 0.545. The van der Waals surface area contributed by atoms with Gasteiger partial charge in [0.25, 0.3) is 0 Å². The molecule has 1 aromatic rings. The zero-order valence-corrected chi connectivity index (χ0v) is 8.59. The molecule has 0 aliphatic heterocycles. The van der Waals surface area contributed by atoms with Crippen LogP contribution in [0.4, 0.5) is 0 Å². The van der Waals surface area contributed by atoms with Crippen LogP contribution in [0.15, 0.2) is 18.5 Å². The maximum absolute atomic E-state index is 6.09. The second-order valence-electron chi connectivity index (χ2n) is 3.84. The number of halogens is 1. The van der Waals surface area contributed by atoms with E-state index in [0.717, 1.165) is 12.8 Å². The third-order valence-electron chi connectivity index (χ3n) is 2.89. The van der Waals surface area contributed by atoms with Gasteiger partial charge < -0.3 is 0 Å². The lowest BCUT2D eigenvalue weighted by atomic mass is 9.96. The zero-order chi connectivity index (χ0) is 9.26. The number of hydrogen-bond acceptors (Lipinski definition) is 1. The molecule has 1 nitrogen and oxygen atoms in total. The van der Waals surface area contributed by atoms with Crippen molar-refractivity contribution in [3.8, 4) is 0 Å². The Hall–Kier alpha value is -0.560. The number of rotatable bonds is 1. The Balaban J connectivity index is 2.21. The summed E-state index contributed by atoms with van der Waals surface area (Å²) in [5.74, 6) is 0.649. The third kappa shape index (κ3) is 1.86. The Morgan fingerprint density at radius 3 is 2.92 bits per heavy atom. The Morgan fingerprint density at radius 2 is 2.31 bits per heavy atom. The van der Waals surface area contributed by atoms with Gasteiger partial charge in [-0.2, -0.15) is 0 Å². The van der Waals surface area contributed by atoms with Gasteiger partial charge in [0.05, 0.1) is 0 Å². The quantitative estimate of drug-likeness (QED) is 0.627. The van der Waals surface area contributed by atoms with Crippen LogP contribution in [0.1, 0.15) is 36.3 Å². The van der Waals surface area contributed by atoms with E-state index in [0.29, 0.717) is 11.3 Å². The van der Waals surface area contributed by atoms with Crippen LogP contribution in [0.2, 0.25) is 0 Å². The first-order valence-corrected chi connectivity index (χ1v) is 5.25. The SMILES string of the molecule is Cc1ccncc1C1CCC(Cl)C1. The molecule has 0 radical (unpaired) electrons. The van der Waals surface area contributed by atoms with Gasteiger partial charge in [-0.25, -0.2) is 0 Å². The summed E-state index contributed by atoms with van der Waals surface area (Å²) in [4.78, 5) is 4.17. The van der Waals surface area contributed by atoms with Gasteiger partial charge in [0.1, 0.15) is 0 Å². The zero-order valence-electron chi connectivity index (χ0n) is 7.83. The van der Waals surface area contributed by atoms with Crippen molar-refractivity contribution in [1.82, 2.24) is 4.98 Å². The first kappa shape index (κ1) is 9.01. The summed E-state index contributed by atoms with van der Waals surface area (Å²) in [6, 6.07) is 2.08. The molecule has 0 amide bonds. The average Bonchev–Trinajstić information content (AvgIpc) is 2.53. The molecule has 1 aliphatic rings. The summed E-state index contributed by atoms with van der Waals surface area (Å²) >= 11 is 6.09. The van der Waals surface area contributed by atoms with Crippen LogP contribution in [0.5, 0.6) is 0 Å². The summed E-state index contributed by atoms with van der Waals surface area (Å²) in [7, 11) is 0. The highest BCUT2D eigenvalue weighted by atomic mass is 35.5. The van der Waals surface area contributed by atoms with E-state index in [-0.39, 0.29) is 0 Å². The maximum atomic E-state index is 6.09. The first-order valence-electron chi connectivity index (χ1n) is 4.82. The lowest BCUT2D eigenvalue weighted by molar-refractivity contribution is 0.714. The number of aryl methyl sites for hydroxylation is 1. The molecule has 1 aromatic heterocycles. The first-order chi connectivity index (χ1) is 6.27. The highest BCUT2D eigenvalue weighted by molar-refractivity contribution is 6.20. The predicted octanol–water partition coefficient (Wildman–Crippen LogP) is 3.26. The molecule has 1 saturated carbocycles. The fourth-order valence-electron chi connectivity index (χ4n) is 2.11. The molecular weight excluding hydrogens is 182 g/mol. The summed E-state index contributed by atoms with van der Waals surface area (Å²) in [5.41, 5.74) is 2.75. The van der Waals surface area contributed by atoms with Gasteiger partial charge in [0.2, 0.25) is 0 Å². The molecule has 1 heterocycles. The maximum Gasteiger partial charge on any atom is 0.0342 e. The van der Waals surface area contributed by atoms with Crippen LogP contribution in [0, 0.1) is 6.92 Å². The molecule has 1 aliphatic carbocycles. The average molecular weight is 196 g/mol. The molecule has 0 spiro atoms. The predicted molar refractivity (Wildman–Crippen MR) is 55.2 cm³/mol. The van der Waals surface area contributed by atoms with E-state index in [2.05, 4.69) is 18.0 Å². The Kier molecular flexibility index (Phi) is 2.54. The normalized spacial score (nSPS) is 27.8. The molecule has 1 fully saturated rings. The molecular formula is C11H14ClN. The smallest absolute Gasteiger partial charge is 0.0342 e. The van der Waals surface area contributed by atoms with Gasteiger partial charge in [0, 0.05) is 17.8 Å². The van der Waals surface area contributed by atoms with Gasteiger partial charge >= 0.3 is 0 Å². The minimum atomic E-state index is 0.379. The monoisotopic (exact) mass is 195 g/mol. The van der Waals surface area contributed by atoms with Crippen LogP contribution in [-0.2, 0) is 0 Å². The largest absolute Gasteiger partial charge is 0.264 e. The number of pyridine rings is 1. The van der Waals surface area contributed by atoms with Gasteiger partial charge in [-0.05, 0) is 49.3 Å². The van der Waals surface area contributed by atoms with E-state index in [1.54, 1.807) is 0 Å². The number of nitrogens with zero attached hydrogens (tertiary/aromatic N) is 1. The fourth-order valence-corrected chi connectivity index (χ4v) is 2.45. The molecule has 2 atom stereocenters. The minimum Gasteiger partial charge on any atom is -0.264 e. The Bertz CT molecular complexity index is 298. The van der Waals surface area contributed by atoms with E-state index in [1.165, 1.54) is 17.5 Å². The van der Waals surface area contributed by atoms with Gasteiger partial charge in [0.15, 0.2) is 0 Å². The van der Waals surface area contributed by atoms with Crippen LogP contribution in [0.3, 0.4) is 0 Å². The molecule has 0 saturated heterocycles.